The number of benzene rings is 2. The molecular weight excluding hydrogens is 448 g/mol. The number of methoxy groups -OCH3 is 2. The Morgan fingerprint density at radius 2 is 1.83 bits per heavy atom. The molecule has 0 saturated carbocycles. The van der Waals surface area contributed by atoms with E-state index in [-0.39, 0.29) is 17.0 Å². The first-order valence-corrected chi connectivity index (χ1v) is 10.2. The van der Waals surface area contributed by atoms with Crippen LogP contribution in [-0.4, -0.2) is 35.1 Å². The van der Waals surface area contributed by atoms with Crippen LogP contribution in [0, 0.1) is 6.92 Å². The summed E-state index contributed by atoms with van der Waals surface area (Å²) in [7, 11) is 3.16. The Balaban J connectivity index is 1.94. The summed E-state index contributed by atoms with van der Waals surface area (Å²) in [6.45, 7) is 8.15. The van der Waals surface area contributed by atoms with E-state index in [0.717, 1.165) is 10.0 Å². The average molecular weight is 473 g/mol. The van der Waals surface area contributed by atoms with Gasteiger partial charge in [0.1, 0.15) is 17.2 Å². The maximum atomic E-state index is 12.9. The van der Waals surface area contributed by atoms with E-state index < -0.39 is 0 Å². The summed E-state index contributed by atoms with van der Waals surface area (Å²) in [6, 6.07) is 11.2. The van der Waals surface area contributed by atoms with Crippen molar-refractivity contribution in [2.24, 2.45) is 0 Å². The lowest BCUT2D eigenvalue weighted by molar-refractivity contribution is 0.102. The first kappa shape index (κ1) is 21.8. The van der Waals surface area contributed by atoms with Crippen LogP contribution in [0.4, 0.5) is 5.69 Å². The largest absolute Gasteiger partial charge is 0.497 e. The van der Waals surface area contributed by atoms with Gasteiger partial charge in [-0.25, -0.2) is 4.68 Å². The normalized spacial score (nSPS) is 11.3. The number of ether oxygens (including phenoxy) is 2. The number of halogens is 1. The van der Waals surface area contributed by atoms with Crippen molar-refractivity contribution >= 4 is 27.5 Å². The third kappa shape index (κ3) is 4.48. The van der Waals surface area contributed by atoms with Gasteiger partial charge in [0.15, 0.2) is 5.69 Å². The molecule has 1 heterocycles. The van der Waals surface area contributed by atoms with Crippen molar-refractivity contribution in [3.05, 3.63) is 57.8 Å². The van der Waals surface area contributed by atoms with Gasteiger partial charge in [-0.2, -0.15) is 0 Å². The highest BCUT2D eigenvalue weighted by Gasteiger charge is 2.21. The van der Waals surface area contributed by atoms with Crippen molar-refractivity contribution < 1.29 is 14.3 Å². The van der Waals surface area contributed by atoms with E-state index in [0.29, 0.717) is 28.6 Å². The van der Waals surface area contributed by atoms with Crippen LogP contribution in [0.2, 0.25) is 0 Å². The minimum absolute atomic E-state index is 0.0504. The summed E-state index contributed by atoms with van der Waals surface area (Å²) < 4.78 is 13.2. The third-order valence-electron chi connectivity index (χ3n) is 4.75. The van der Waals surface area contributed by atoms with E-state index in [1.807, 2.05) is 18.2 Å². The van der Waals surface area contributed by atoms with Gasteiger partial charge in [-0.3, -0.25) is 4.79 Å². The molecule has 1 aromatic heterocycles. The van der Waals surface area contributed by atoms with Crippen LogP contribution < -0.4 is 14.8 Å². The first-order valence-electron chi connectivity index (χ1n) is 9.41. The van der Waals surface area contributed by atoms with Gasteiger partial charge in [-0.1, -0.05) is 41.9 Å². The van der Waals surface area contributed by atoms with Gasteiger partial charge in [0.25, 0.3) is 5.91 Å². The molecular formula is C22H25BrN4O3. The van der Waals surface area contributed by atoms with Crippen molar-refractivity contribution in [2.45, 2.75) is 33.1 Å². The lowest BCUT2D eigenvalue weighted by atomic mass is 9.87. The molecule has 0 aliphatic heterocycles. The van der Waals surface area contributed by atoms with Crippen LogP contribution in [0.5, 0.6) is 11.5 Å². The fourth-order valence-corrected chi connectivity index (χ4v) is 3.51. The van der Waals surface area contributed by atoms with Crippen LogP contribution in [-0.2, 0) is 5.41 Å². The number of hydrogen-bond acceptors (Lipinski definition) is 5. The molecule has 0 unspecified atom stereocenters. The Morgan fingerprint density at radius 1 is 1.10 bits per heavy atom. The molecule has 158 valence electrons. The third-order valence-corrected chi connectivity index (χ3v) is 5.20. The Labute approximate surface area is 184 Å². The van der Waals surface area contributed by atoms with E-state index in [4.69, 9.17) is 9.47 Å². The molecule has 8 heteroatoms. The molecule has 0 spiro atoms. The zero-order chi connectivity index (χ0) is 22.1. The number of rotatable bonds is 5. The summed E-state index contributed by atoms with van der Waals surface area (Å²) in [5.41, 5.74) is 3.20. The van der Waals surface area contributed by atoms with E-state index in [1.54, 1.807) is 44.0 Å². The minimum Gasteiger partial charge on any atom is -0.497 e. The van der Waals surface area contributed by atoms with Crippen molar-refractivity contribution in [1.29, 1.82) is 0 Å². The van der Waals surface area contributed by atoms with Crippen molar-refractivity contribution in [3.8, 4) is 17.2 Å². The van der Waals surface area contributed by atoms with Gasteiger partial charge in [0, 0.05) is 16.2 Å². The summed E-state index contributed by atoms with van der Waals surface area (Å²) >= 11 is 3.52. The topological polar surface area (TPSA) is 78.3 Å². The SMILES string of the molecule is COc1ccc(OC)c(-n2nnc(C(=O)Nc3cc(Br)cc(C(C)(C)C)c3)c2C)c1. The molecule has 30 heavy (non-hydrogen) atoms. The van der Waals surface area contributed by atoms with Crippen LogP contribution in [0.15, 0.2) is 40.9 Å². The van der Waals surface area contributed by atoms with Gasteiger partial charge in [-0.15, -0.1) is 5.10 Å². The number of carbonyl (C=O) groups is 1. The number of amides is 1. The maximum Gasteiger partial charge on any atom is 0.278 e. The second-order valence-corrected chi connectivity index (χ2v) is 8.82. The Kier molecular flexibility index (Phi) is 6.17. The molecule has 0 aliphatic carbocycles. The molecule has 0 fully saturated rings. The van der Waals surface area contributed by atoms with E-state index >= 15 is 0 Å². The molecule has 0 atom stereocenters. The van der Waals surface area contributed by atoms with E-state index in [1.165, 1.54) is 0 Å². The van der Waals surface area contributed by atoms with E-state index in [9.17, 15) is 4.79 Å². The standard InChI is InChI=1S/C22H25BrN4O3/c1-13-20(21(28)24-16-10-14(22(2,3)4)9-15(23)11-16)25-26-27(13)18-12-17(29-5)7-8-19(18)30-6/h7-12H,1-6H3,(H,24,28). The lowest BCUT2D eigenvalue weighted by Gasteiger charge is -2.20. The number of anilines is 1. The molecule has 0 saturated heterocycles. The van der Waals surface area contributed by atoms with Gasteiger partial charge in [0.05, 0.1) is 19.9 Å². The fourth-order valence-electron chi connectivity index (χ4n) is 3.02. The predicted molar refractivity (Wildman–Crippen MR) is 120 cm³/mol. The molecule has 3 rings (SSSR count). The second kappa shape index (κ2) is 8.47. The van der Waals surface area contributed by atoms with Crippen molar-refractivity contribution in [2.75, 3.05) is 19.5 Å². The molecule has 1 amide bonds. The fraction of sp³-hybridized carbons (Fsp3) is 0.318. The number of nitrogens with zero attached hydrogens (tertiary/aromatic N) is 3. The van der Waals surface area contributed by atoms with E-state index in [2.05, 4.69) is 52.3 Å². The summed E-state index contributed by atoms with van der Waals surface area (Å²) in [5, 5.41) is 11.2. The minimum atomic E-state index is -0.335. The summed E-state index contributed by atoms with van der Waals surface area (Å²) in [6.07, 6.45) is 0. The van der Waals surface area contributed by atoms with Gasteiger partial charge >= 0.3 is 0 Å². The molecule has 7 nitrogen and oxygen atoms in total. The highest BCUT2D eigenvalue weighted by Crippen LogP contribution is 2.30. The van der Waals surface area contributed by atoms with Crippen molar-refractivity contribution in [1.82, 2.24) is 15.0 Å². The molecule has 0 bridgehead atoms. The van der Waals surface area contributed by atoms with Crippen LogP contribution in [0.25, 0.3) is 5.69 Å². The molecule has 0 radical (unpaired) electrons. The second-order valence-electron chi connectivity index (χ2n) is 7.91. The van der Waals surface area contributed by atoms with Crippen LogP contribution >= 0.6 is 15.9 Å². The number of aromatic nitrogens is 3. The Hall–Kier alpha value is -2.87. The van der Waals surface area contributed by atoms with Gasteiger partial charge in [-0.05, 0) is 48.2 Å². The predicted octanol–water partition coefficient (Wildman–Crippen LogP) is 4.91. The summed E-state index contributed by atoms with van der Waals surface area (Å²) in [5.74, 6) is 0.909. The van der Waals surface area contributed by atoms with Gasteiger partial charge in [0.2, 0.25) is 0 Å². The number of nitrogens with one attached hydrogen (secondary N) is 1. The first-order chi connectivity index (χ1) is 14.1. The molecule has 3 aromatic rings. The summed E-state index contributed by atoms with van der Waals surface area (Å²) in [4.78, 5) is 12.9. The average Bonchev–Trinajstić information content (AvgIpc) is 3.07. The molecule has 0 aliphatic rings. The highest BCUT2D eigenvalue weighted by atomic mass is 79.9. The zero-order valence-corrected chi connectivity index (χ0v) is 19.5. The Morgan fingerprint density at radius 3 is 2.47 bits per heavy atom. The van der Waals surface area contributed by atoms with Gasteiger partial charge < -0.3 is 14.8 Å². The van der Waals surface area contributed by atoms with Crippen LogP contribution in [0.1, 0.15) is 42.5 Å². The molecule has 2 aromatic carbocycles. The maximum absolute atomic E-state index is 12.9. The number of carbonyl (C=O) groups excluding carboxylic acids is 1. The molecule has 1 N–H and O–H groups in total. The zero-order valence-electron chi connectivity index (χ0n) is 17.9. The smallest absolute Gasteiger partial charge is 0.278 e. The van der Waals surface area contributed by atoms with Crippen molar-refractivity contribution in [3.63, 3.8) is 0 Å². The lowest BCUT2D eigenvalue weighted by Crippen LogP contribution is -2.16. The highest BCUT2D eigenvalue weighted by molar-refractivity contribution is 9.10. The van der Waals surface area contributed by atoms with Crippen LogP contribution in [0.3, 0.4) is 0 Å². The monoisotopic (exact) mass is 472 g/mol. The number of hydrogen-bond donors (Lipinski definition) is 1. The quantitative estimate of drug-likeness (QED) is 0.570. The Bertz CT molecular complexity index is 1090.